The SMILES string of the molecule is CN[C@@H](C)C(=O)N[C@H](C(=O)N1CC[C@H]2CCN(CCc3ccccc3)CC21)C(C)C. The number of hydrogen-bond acceptors (Lipinski definition) is 4. The molecule has 1 aromatic carbocycles. The van der Waals surface area contributed by atoms with Crippen molar-refractivity contribution in [2.24, 2.45) is 11.8 Å². The number of carbonyl (C=O) groups excluding carboxylic acids is 2. The number of rotatable bonds is 8. The van der Waals surface area contributed by atoms with E-state index in [1.165, 1.54) is 5.56 Å². The summed E-state index contributed by atoms with van der Waals surface area (Å²) in [7, 11) is 1.76. The van der Waals surface area contributed by atoms with Crippen LogP contribution in [-0.4, -0.2) is 73.0 Å². The fourth-order valence-corrected chi connectivity index (χ4v) is 4.72. The van der Waals surface area contributed by atoms with Crippen molar-refractivity contribution < 1.29 is 9.59 Å². The zero-order chi connectivity index (χ0) is 21.7. The summed E-state index contributed by atoms with van der Waals surface area (Å²) in [5.74, 6) is 0.608. The molecule has 1 unspecified atom stereocenters. The molecule has 6 heteroatoms. The summed E-state index contributed by atoms with van der Waals surface area (Å²) in [6, 6.07) is 10.1. The summed E-state index contributed by atoms with van der Waals surface area (Å²) in [5.41, 5.74) is 1.36. The zero-order valence-corrected chi connectivity index (χ0v) is 18.9. The van der Waals surface area contributed by atoms with Crippen molar-refractivity contribution in [3.63, 3.8) is 0 Å². The largest absolute Gasteiger partial charge is 0.343 e. The normalized spacial score (nSPS) is 23.8. The summed E-state index contributed by atoms with van der Waals surface area (Å²) in [6.45, 7) is 9.71. The summed E-state index contributed by atoms with van der Waals surface area (Å²) in [4.78, 5) is 30.4. The number of nitrogens with one attached hydrogen (secondary N) is 2. The minimum atomic E-state index is -0.466. The van der Waals surface area contributed by atoms with Gasteiger partial charge in [-0.25, -0.2) is 0 Å². The Morgan fingerprint density at radius 1 is 1.10 bits per heavy atom. The van der Waals surface area contributed by atoms with Crippen LogP contribution >= 0.6 is 0 Å². The highest BCUT2D eigenvalue weighted by Crippen LogP contribution is 2.32. The number of likely N-dealkylation sites (tertiary alicyclic amines) is 2. The first-order valence-corrected chi connectivity index (χ1v) is 11.4. The van der Waals surface area contributed by atoms with E-state index in [1.807, 2.05) is 20.8 Å². The lowest BCUT2D eigenvalue weighted by Gasteiger charge is -2.40. The second kappa shape index (κ2) is 10.4. The van der Waals surface area contributed by atoms with Crippen LogP contribution in [0.5, 0.6) is 0 Å². The molecule has 2 amide bonds. The van der Waals surface area contributed by atoms with Crippen molar-refractivity contribution in [1.29, 1.82) is 0 Å². The van der Waals surface area contributed by atoms with E-state index in [4.69, 9.17) is 0 Å². The molecule has 30 heavy (non-hydrogen) atoms. The highest BCUT2D eigenvalue weighted by atomic mass is 16.2. The third kappa shape index (κ3) is 5.41. The Kier molecular flexibility index (Phi) is 7.89. The monoisotopic (exact) mass is 414 g/mol. The molecule has 2 aliphatic rings. The minimum absolute atomic E-state index is 0.0577. The molecule has 2 aliphatic heterocycles. The summed E-state index contributed by atoms with van der Waals surface area (Å²) in [5, 5.41) is 5.94. The highest BCUT2D eigenvalue weighted by Gasteiger charge is 2.43. The van der Waals surface area contributed by atoms with Gasteiger partial charge in [0.05, 0.1) is 6.04 Å². The van der Waals surface area contributed by atoms with Gasteiger partial charge in [0, 0.05) is 25.7 Å². The van der Waals surface area contributed by atoms with E-state index in [1.54, 1.807) is 7.05 Å². The number of fused-ring (bicyclic) bond motifs is 1. The van der Waals surface area contributed by atoms with Crippen molar-refractivity contribution in [3.05, 3.63) is 35.9 Å². The van der Waals surface area contributed by atoms with Crippen molar-refractivity contribution in [3.8, 4) is 0 Å². The Hall–Kier alpha value is -1.92. The summed E-state index contributed by atoms with van der Waals surface area (Å²) < 4.78 is 0. The van der Waals surface area contributed by atoms with E-state index < -0.39 is 6.04 Å². The lowest BCUT2D eigenvalue weighted by molar-refractivity contribution is -0.139. The summed E-state index contributed by atoms with van der Waals surface area (Å²) >= 11 is 0. The Labute approximate surface area is 181 Å². The topological polar surface area (TPSA) is 64.7 Å². The molecule has 4 atom stereocenters. The number of amides is 2. The maximum Gasteiger partial charge on any atom is 0.245 e. The van der Waals surface area contributed by atoms with Gasteiger partial charge in [-0.15, -0.1) is 0 Å². The molecule has 0 radical (unpaired) electrons. The second-order valence-corrected chi connectivity index (χ2v) is 9.21. The lowest BCUT2D eigenvalue weighted by Crippen LogP contribution is -2.58. The van der Waals surface area contributed by atoms with Gasteiger partial charge < -0.3 is 20.4 Å². The standard InChI is InChI=1S/C24H38N4O2/c1-17(2)22(26-23(29)18(3)25-4)24(30)28-15-12-20-11-14-27(16-21(20)28)13-10-19-8-6-5-7-9-19/h5-9,17-18,20-22,25H,10-16H2,1-4H3,(H,26,29)/t18-,20+,21?,22-/m0/s1. The van der Waals surface area contributed by atoms with Crippen molar-refractivity contribution >= 4 is 11.8 Å². The van der Waals surface area contributed by atoms with Gasteiger partial charge in [0.1, 0.15) is 6.04 Å². The lowest BCUT2D eigenvalue weighted by atomic mass is 9.91. The Bertz CT molecular complexity index is 708. The third-order valence-electron chi connectivity index (χ3n) is 6.85. The maximum atomic E-state index is 13.4. The minimum Gasteiger partial charge on any atom is -0.343 e. The van der Waals surface area contributed by atoms with Crippen LogP contribution in [0.25, 0.3) is 0 Å². The zero-order valence-electron chi connectivity index (χ0n) is 18.9. The molecule has 0 aliphatic carbocycles. The van der Waals surface area contributed by atoms with Crippen LogP contribution in [0, 0.1) is 11.8 Å². The number of carbonyl (C=O) groups is 2. The van der Waals surface area contributed by atoms with Crippen LogP contribution in [0.4, 0.5) is 0 Å². The van der Waals surface area contributed by atoms with Gasteiger partial charge in [0.25, 0.3) is 0 Å². The van der Waals surface area contributed by atoms with Gasteiger partial charge in [-0.3, -0.25) is 9.59 Å². The second-order valence-electron chi connectivity index (χ2n) is 9.21. The maximum absolute atomic E-state index is 13.4. The molecule has 3 rings (SSSR count). The van der Waals surface area contributed by atoms with E-state index in [-0.39, 0.29) is 29.8 Å². The van der Waals surface area contributed by atoms with Crippen LogP contribution in [0.1, 0.15) is 39.2 Å². The average molecular weight is 415 g/mol. The van der Waals surface area contributed by atoms with Crippen molar-refractivity contribution in [1.82, 2.24) is 20.4 Å². The Morgan fingerprint density at radius 3 is 2.47 bits per heavy atom. The molecule has 0 spiro atoms. The molecular weight excluding hydrogens is 376 g/mol. The molecule has 0 bridgehead atoms. The molecule has 2 N–H and O–H groups in total. The number of piperidine rings is 1. The Morgan fingerprint density at radius 2 is 1.80 bits per heavy atom. The number of nitrogens with zero attached hydrogens (tertiary/aromatic N) is 2. The van der Waals surface area contributed by atoms with E-state index in [0.717, 1.165) is 45.4 Å². The predicted octanol–water partition coefficient (Wildman–Crippen LogP) is 1.90. The molecule has 2 heterocycles. The van der Waals surface area contributed by atoms with E-state index in [2.05, 4.69) is 50.8 Å². The molecule has 6 nitrogen and oxygen atoms in total. The number of likely N-dealkylation sites (N-methyl/N-ethyl adjacent to an activating group) is 1. The molecule has 2 fully saturated rings. The van der Waals surface area contributed by atoms with Crippen molar-refractivity contribution in [2.75, 3.05) is 33.2 Å². The van der Waals surface area contributed by atoms with E-state index >= 15 is 0 Å². The fourth-order valence-electron chi connectivity index (χ4n) is 4.72. The Balaban J connectivity index is 1.62. The van der Waals surface area contributed by atoms with E-state index in [0.29, 0.717) is 5.92 Å². The van der Waals surface area contributed by atoms with E-state index in [9.17, 15) is 9.59 Å². The quantitative estimate of drug-likeness (QED) is 0.682. The molecule has 166 valence electrons. The van der Waals surface area contributed by atoms with Crippen LogP contribution in [0.15, 0.2) is 30.3 Å². The first-order valence-electron chi connectivity index (χ1n) is 11.4. The molecule has 1 aromatic rings. The molecule has 0 aromatic heterocycles. The van der Waals surface area contributed by atoms with Gasteiger partial charge in [-0.2, -0.15) is 0 Å². The van der Waals surface area contributed by atoms with Gasteiger partial charge >= 0.3 is 0 Å². The van der Waals surface area contributed by atoms with Gasteiger partial charge in [0.2, 0.25) is 11.8 Å². The van der Waals surface area contributed by atoms with Crippen LogP contribution in [-0.2, 0) is 16.0 Å². The fraction of sp³-hybridized carbons (Fsp3) is 0.667. The molecule has 2 saturated heterocycles. The average Bonchev–Trinajstić information content (AvgIpc) is 3.18. The molecule has 0 saturated carbocycles. The van der Waals surface area contributed by atoms with Crippen LogP contribution in [0.2, 0.25) is 0 Å². The predicted molar refractivity (Wildman–Crippen MR) is 120 cm³/mol. The van der Waals surface area contributed by atoms with Crippen molar-refractivity contribution in [2.45, 2.75) is 58.2 Å². The van der Waals surface area contributed by atoms with Crippen LogP contribution < -0.4 is 10.6 Å². The van der Waals surface area contributed by atoms with Gasteiger partial charge in [-0.1, -0.05) is 44.2 Å². The first-order chi connectivity index (χ1) is 14.4. The number of benzene rings is 1. The van der Waals surface area contributed by atoms with Gasteiger partial charge in [0.15, 0.2) is 0 Å². The smallest absolute Gasteiger partial charge is 0.245 e. The number of hydrogen-bond donors (Lipinski definition) is 2. The highest BCUT2D eigenvalue weighted by molar-refractivity contribution is 5.90. The van der Waals surface area contributed by atoms with Gasteiger partial charge in [-0.05, 0) is 57.2 Å². The third-order valence-corrected chi connectivity index (χ3v) is 6.85. The summed E-state index contributed by atoms with van der Waals surface area (Å²) in [6.07, 6.45) is 3.27. The van der Waals surface area contributed by atoms with Crippen LogP contribution in [0.3, 0.4) is 0 Å². The first kappa shape index (κ1) is 22.8. The molecular formula is C24H38N4O2.